The van der Waals surface area contributed by atoms with Crippen LogP contribution in [0.4, 0.5) is 5.69 Å². The second kappa shape index (κ2) is 6.56. The van der Waals surface area contributed by atoms with Crippen LogP contribution in [0.2, 0.25) is 0 Å². The number of rotatable bonds is 6. The minimum absolute atomic E-state index is 0.327. The molecule has 0 aliphatic heterocycles. The molecule has 0 amide bonds. The maximum atomic E-state index is 11.0. The van der Waals surface area contributed by atoms with Crippen molar-refractivity contribution in [2.24, 2.45) is 5.73 Å². The monoisotopic (exact) mass is 272 g/mol. The predicted molar refractivity (Wildman–Crippen MR) is 76.3 cm³/mol. The SMILES string of the molecule is COc1ccc(C(N)=S)c(NCCS(C)=O)c1. The second-order valence-electron chi connectivity index (χ2n) is 3.48. The molecule has 1 aromatic rings. The van der Waals surface area contributed by atoms with Crippen LogP contribution < -0.4 is 15.8 Å². The Morgan fingerprint density at radius 1 is 1.59 bits per heavy atom. The molecule has 0 aliphatic carbocycles. The highest BCUT2D eigenvalue weighted by Gasteiger charge is 2.06. The Labute approximate surface area is 109 Å². The first kappa shape index (κ1) is 13.9. The van der Waals surface area contributed by atoms with Crippen molar-refractivity contribution >= 4 is 33.7 Å². The summed E-state index contributed by atoms with van der Waals surface area (Å²) < 4.78 is 16.1. The molecule has 0 aliphatic rings. The van der Waals surface area contributed by atoms with Gasteiger partial charge in [-0.25, -0.2) is 0 Å². The molecule has 0 saturated carbocycles. The molecule has 6 heteroatoms. The van der Waals surface area contributed by atoms with Crippen LogP contribution in [0.3, 0.4) is 0 Å². The highest BCUT2D eigenvalue weighted by molar-refractivity contribution is 7.84. The van der Waals surface area contributed by atoms with Gasteiger partial charge < -0.3 is 15.8 Å². The van der Waals surface area contributed by atoms with Gasteiger partial charge in [0, 0.05) is 46.7 Å². The topological polar surface area (TPSA) is 64.3 Å². The summed E-state index contributed by atoms with van der Waals surface area (Å²) in [6.07, 6.45) is 1.67. The number of hydrogen-bond donors (Lipinski definition) is 2. The van der Waals surface area contributed by atoms with Crippen molar-refractivity contribution in [2.45, 2.75) is 0 Å². The number of anilines is 1. The summed E-state index contributed by atoms with van der Waals surface area (Å²) in [4.78, 5) is 0.327. The first-order valence-corrected chi connectivity index (χ1v) is 7.20. The Morgan fingerprint density at radius 2 is 2.29 bits per heavy atom. The Kier molecular flexibility index (Phi) is 5.37. The highest BCUT2D eigenvalue weighted by atomic mass is 32.2. The molecule has 94 valence electrons. The van der Waals surface area contributed by atoms with Crippen LogP contribution in [0.1, 0.15) is 5.56 Å². The van der Waals surface area contributed by atoms with Gasteiger partial charge in [-0.05, 0) is 12.1 Å². The lowest BCUT2D eigenvalue weighted by Crippen LogP contribution is -2.16. The van der Waals surface area contributed by atoms with Crippen LogP contribution >= 0.6 is 12.2 Å². The molecular weight excluding hydrogens is 256 g/mol. The summed E-state index contributed by atoms with van der Waals surface area (Å²) in [7, 11) is 0.776. The first-order chi connectivity index (χ1) is 8.04. The van der Waals surface area contributed by atoms with E-state index < -0.39 is 10.8 Å². The van der Waals surface area contributed by atoms with E-state index in [1.165, 1.54) is 0 Å². The van der Waals surface area contributed by atoms with Gasteiger partial charge in [0.15, 0.2) is 0 Å². The number of nitrogens with two attached hydrogens (primary N) is 1. The third-order valence-corrected chi connectivity index (χ3v) is 3.20. The Morgan fingerprint density at radius 3 is 2.82 bits per heavy atom. The maximum absolute atomic E-state index is 11.0. The Balaban J connectivity index is 2.85. The number of thiocarbonyl (C=S) groups is 1. The van der Waals surface area contributed by atoms with Gasteiger partial charge in [-0.2, -0.15) is 0 Å². The number of hydrogen-bond acceptors (Lipinski definition) is 4. The van der Waals surface area contributed by atoms with Gasteiger partial charge in [-0.1, -0.05) is 12.2 Å². The first-order valence-electron chi connectivity index (χ1n) is 5.06. The second-order valence-corrected chi connectivity index (χ2v) is 5.47. The predicted octanol–water partition coefficient (Wildman–Crippen LogP) is 1.12. The molecule has 0 fully saturated rings. The fourth-order valence-electron chi connectivity index (χ4n) is 1.34. The van der Waals surface area contributed by atoms with Crippen molar-refractivity contribution in [1.29, 1.82) is 0 Å². The van der Waals surface area contributed by atoms with Gasteiger partial charge in [0.1, 0.15) is 10.7 Å². The minimum atomic E-state index is -0.822. The van der Waals surface area contributed by atoms with Gasteiger partial charge in [0.05, 0.1) is 7.11 Å². The molecule has 1 unspecified atom stereocenters. The standard InChI is InChI=1S/C11H16N2O2S2/c1-15-8-3-4-9(11(12)16)10(7-8)13-5-6-17(2)14/h3-4,7,13H,5-6H2,1-2H3,(H2,12,16). The maximum Gasteiger partial charge on any atom is 0.120 e. The summed E-state index contributed by atoms with van der Waals surface area (Å²) >= 11 is 4.97. The Bertz CT molecular complexity index is 435. The summed E-state index contributed by atoms with van der Waals surface area (Å²) in [5, 5.41) is 3.16. The van der Waals surface area contributed by atoms with E-state index in [4.69, 9.17) is 22.7 Å². The minimum Gasteiger partial charge on any atom is -0.497 e. The number of nitrogens with one attached hydrogen (secondary N) is 1. The summed E-state index contributed by atoms with van der Waals surface area (Å²) in [6, 6.07) is 5.44. The third kappa shape index (κ3) is 4.32. The average Bonchev–Trinajstić information content (AvgIpc) is 2.28. The largest absolute Gasteiger partial charge is 0.497 e. The van der Waals surface area contributed by atoms with E-state index in [1.54, 1.807) is 19.4 Å². The molecule has 0 radical (unpaired) electrons. The van der Waals surface area contributed by atoms with E-state index in [0.29, 0.717) is 17.3 Å². The molecular formula is C11H16N2O2S2. The van der Waals surface area contributed by atoms with Crippen LogP contribution in [0.25, 0.3) is 0 Å². The van der Waals surface area contributed by atoms with Gasteiger partial charge in [-0.3, -0.25) is 4.21 Å². The molecule has 17 heavy (non-hydrogen) atoms. The lowest BCUT2D eigenvalue weighted by atomic mass is 10.1. The summed E-state index contributed by atoms with van der Waals surface area (Å²) in [5.74, 6) is 1.30. The fraction of sp³-hybridized carbons (Fsp3) is 0.364. The van der Waals surface area contributed by atoms with Crippen molar-refractivity contribution in [3.8, 4) is 5.75 Å². The smallest absolute Gasteiger partial charge is 0.120 e. The molecule has 1 aromatic carbocycles. The van der Waals surface area contributed by atoms with Gasteiger partial charge >= 0.3 is 0 Å². The van der Waals surface area contributed by atoms with Crippen LogP contribution in [-0.2, 0) is 10.8 Å². The van der Waals surface area contributed by atoms with Crippen molar-refractivity contribution in [2.75, 3.05) is 31.0 Å². The van der Waals surface area contributed by atoms with E-state index in [1.807, 2.05) is 12.1 Å². The molecule has 0 heterocycles. The van der Waals surface area contributed by atoms with E-state index in [-0.39, 0.29) is 0 Å². The lowest BCUT2D eigenvalue weighted by Gasteiger charge is -2.12. The van der Waals surface area contributed by atoms with E-state index in [0.717, 1.165) is 17.0 Å². The summed E-state index contributed by atoms with van der Waals surface area (Å²) in [5.41, 5.74) is 7.20. The van der Waals surface area contributed by atoms with Gasteiger partial charge in [0.2, 0.25) is 0 Å². The fourth-order valence-corrected chi connectivity index (χ4v) is 1.91. The third-order valence-electron chi connectivity index (χ3n) is 2.20. The quantitative estimate of drug-likeness (QED) is 0.760. The molecule has 1 rings (SSSR count). The van der Waals surface area contributed by atoms with Crippen molar-refractivity contribution in [1.82, 2.24) is 0 Å². The van der Waals surface area contributed by atoms with E-state index in [2.05, 4.69) is 5.32 Å². The molecule has 3 N–H and O–H groups in total. The molecule has 0 spiro atoms. The molecule has 0 bridgehead atoms. The zero-order valence-electron chi connectivity index (χ0n) is 9.86. The molecule has 0 saturated heterocycles. The Hall–Kier alpha value is -1.14. The average molecular weight is 272 g/mol. The van der Waals surface area contributed by atoms with Crippen LogP contribution in [-0.4, -0.2) is 34.9 Å². The van der Waals surface area contributed by atoms with Crippen LogP contribution in [0, 0.1) is 0 Å². The molecule has 1 atom stereocenters. The molecule has 0 aromatic heterocycles. The van der Waals surface area contributed by atoms with Gasteiger partial charge in [0.25, 0.3) is 0 Å². The summed E-state index contributed by atoms with van der Waals surface area (Å²) in [6.45, 7) is 0.603. The van der Waals surface area contributed by atoms with Crippen LogP contribution in [0.5, 0.6) is 5.75 Å². The lowest BCUT2D eigenvalue weighted by molar-refractivity contribution is 0.415. The van der Waals surface area contributed by atoms with E-state index >= 15 is 0 Å². The van der Waals surface area contributed by atoms with Crippen molar-refractivity contribution < 1.29 is 8.95 Å². The zero-order chi connectivity index (χ0) is 12.8. The number of benzene rings is 1. The van der Waals surface area contributed by atoms with Gasteiger partial charge in [-0.15, -0.1) is 0 Å². The van der Waals surface area contributed by atoms with Crippen molar-refractivity contribution in [3.63, 3.8) is 0 Å². The number of methoxy groups -OCH3 is 1. The van der Waals surface area contributed by atoms with Crippen LogP contribution in [0.15, 0.2) is 18.2 Å². The van der Waals surface area contributed by atoms with Crippen molar-refractivity contribution in [3.05, 3.63) is 23.8 Å². The normalized spacial score (nSPS) is 11.9. The molecule has 4 nitrogen and oxygen atoms in total. The van der Waals surface area contributed by atoms with E-state index in [9.17, 15) is 4.21 Å². The number of ether oxygens (including phenoxy) is 1. The highest BCUT2D eigenvalue weighted by Crippen LogP contribution is 2.22. The zero-order valence-corrected chi connectivity index (χ0v) is 11.5.